The number of allylic oxidation sites excluding steroid dienone is 2. The molecule has 5 heteroatoms. The fourth-order valence-corrected chi connectivity index (χ4v) is 8.23. The van der Waals surface area contributed by atoms with Crippen molar-refractivity contribution in [1.29, 1.82) is 0 Å². The number of amides is 1. The van der Waals surface area contributed by atoms with Crippen molar-refractivity contribution in [3.8, 4) is 0 Å². The molecule has 34 heavy (non-hydrogen) atoms. The van der Waals surface area contributed by atoms with Crippen molar-refractivity contribution in [3.05, 3.63) is 42.1 Å². The summed E-state index contributed by atoms with van der Waals surface area (Å²) in [6.45, 7) is 8.70. The summed E-state index contributed by atoms with van der Waals surface area (Å²) in [5.74, 6) is 2.82. The topological polar surface area (TPSA) is 49.4 Å². The lowest BCUT2D eigenvalue weighted by Crippen LogP contribution is -2.57. The van der Waals surface area contributed by atoms with Crippen molar-refractivity contribution in [1.82, 2.24) is 5.32 Å². The lowest BCUT2D eigenvalue weighted by Gasteiger charge is -2.58. The van der Waals surface area contributed by atoms with Gasteiger partial charge in [0.2, 0.25) is 5.91 Å². The first-order valence-corrected chi connectivity index (χ1v) is 14.3. The molecule has 2 saturated carbocycles. The molecule has 1 heterocycles. The molecule has 0 aromatic heterocycles. The Hall–Kier alpha value is -1.62. The zero-order valence-electron chi connectivity index (χ0n) is 20.9. The number of fused-ring (bicyclic) bond motifs is 5. The van der Waals surface area contributed by atoms with Gasteiger partial charge < -0.3 is 10.2 Å². The Morgan fingerprint density at radius 2 is 1.91 bits per heavy atom. The molecule has 0 bridgehead atoms. The predicted molar refractivity (Wildman–Crippen MR) is 141 cm³/mol. The molecule has 0 radical (unpaired) electrons. The standard InChI is InChI=1S/C29H39BrN2O2/c1-19(16-30)18-32(20-7-5-4-6-8-20)27(34)25-10-9-23-22-17-31-26-15-21(33)11-13-29(26,3)24(22)12-14-28(23,25)2/h4-8,15,19,22-25,31H,9-14,16-18H2,1-3H3/t19?,22-,23-,24+,25?,28-,29+/m0/s1. The molecular weight excluding hydrogens is 488 g/mol. The molecule has 2 unspecified atom stereocenters. The Morgan fingerprint density at radius 3 is 2.65 bits per heavy atom. The average molecular weight is 528 g/mol. The molecule has 0 spiro atoms. The van der Waals surface area contributed by atoms with Gasteiger partial charge in [0, 0.05) is 53.6 Å². The number of rotatable bonds is 5. The van der Waals surface area contributed by atoms with Crippen LogP contribution in [-0.2, 0) is 9.59 Å². The third-order valence-corrected chi connectivity index (χ3v) is 11.1. The number of carbonyl (C=O) groups is 2. The number of benzene rings is 1. The number of hydrogen-bond acceptors (Lipinski definition) is 3. The van der Waals surface area contributed by atoms with Gasteiger partial charge >= 0.3 is 0 Å². The third-order valence-electron chi connectivity index (χ3n) is 9.98. The van der Waals surface area contributed by atoms with Crippen LogP contribution in [0.4, 0.5) is 5.69 Å². The van der Waals surface area contributed by atoms with E-state index < -0.39 is 0 Å². The van der Waals surface area contributed by atoms with Crippen LogP contribution in [0.15, 0.2) is 42.1 Å². The van der Waals surface area contributed by atoms with Gasteiger partial charge in [0.15, 0.2) is 5.78 Å². The molecule has 5 rings (SSSR count). The quantitative estimate of drug-likeness (QED) is 0.481. The molecule has 1 saturated heterocycles. The SMILES string of the molecule is CC(CBr)CN(C(=O)C1CC[C@H]2[C@@H]3CNC4=CC(=O)CC[C@]4(C)[C@@H]3CC[C@]12C)c1ccccc1. The van der Waals surface area contributed by atoms with Gasteiger partial charge in [-0.1, -0.05) is 54.9 Å². The van der Waals surface area contributed by atoms with E-state index in [0.717, 1.165) is 56.2 Å². The summed E-state index contributed by atoms with van der Waals surface area (Å²) in [7, 11) is 0. The van der Waals surface area contributed by atoms with Gasteiger partial charge in [0.25, 0.3) is 0 Å². The molecule has 1 amide bonds. The summed E-state index contributed by atoms with van der Waals surface area (Å²) in [6.07, 6.45) is 7.93. The number of anilines is 1. The minimum absolute atomic E-state index is 0.0483. The van der Waals surface area contributed by atoms with Crippen LogP contribution in [0, 0.1) is 40.4 Å². The van der Waals surface area contributed by atoms with E-state index in [2.05, 4.69) is 59.1 Å². The van der Waals surface area contributed by atoms with Crippen LogP contribution in [0.25, 0.3) is 0 Å². The van der Waals surface area contributed by atoms with Crippen LogP contribution in [0.2, 0.25) is 0 Å². The second kappa shape index (κ2) is 9.11. The molecule has 184 valence electrons. The molecule has 3 fully saturated rings. The van der Waals surface area contributed by atoms with Crippen molar-refractivity contribution in [2.75, 3.05) is 23.3 Å². The fraction of sp³-hybridized carbons (Fsp3) is 0.655. The Kier molecular flexibility index (Phi) is 6.46. The highest BCUT2D eigenvalue weighted by atomic mass is 79.9. The Labute approximate surface area is 213 Å². The first kappa shape index (κ1) is 24.1. The van der Waals surface area contributed by atoms with Gasteiger partial charge in [0.05, 0.1) is 0 Å². The number of halogens is 1. The second-order valence-electron chi connectivity index (χ2n) is 11.9. The highest BCUT2D eigenvalue weighted by Crippen LogP contribution is 2.64. The fourth-order valence-electron chi connectivity index (χ4n) is 8.03. The zero-order valence-corrected chi connectivity index (χ0v) is 22.4. The van der Waals surface area contributed by atoms with Crippen LogP contribution in [0.5, 0.6) is 0 Å². The molecule has 1 N–H and O–H groups in total. The normalized spacial score (nSPS) is 37.5. The van der Waals surface area contributed by atoms with Crippen molar-refractivity contribution >= 4 is 33.3 Å². The third kappa shape index (κ3) is 3.86. The van der Waals surface area contributed by atoms with E-state index in [1.165, 1.54) is 5.70 Å². The number of carbonyl (C=O) groups excluding carboxylic acids is 2. The summed E-state index contributed by atoms with van der Waals surface area (Å²) in [5, 5.41) is 4.58. The summed E-state index contributed by atoms with van der Waals surface area (Å²) in [5.41, 5.74) is 2.33. The van der Waals surface area contributed by atoms with Crippen LogP contribution in [0.3, 0.4) is 0 Å². The lowest BCUT2D eigenvalue weighted by atomic mass is 9.50. The van der Waals surface area contributed by atoms with Crippen molar-refractivity contribution in [3.63, 3.8) is 0 Å². The Balaban J connectivity index is 1.41. The van der Waals surface area contributed by atoms with E-state index in [9.17, 15) is 9.59 Å². The number of nitrogens with zero attached hydrogens (tertiary/aromatic N) is 1. The summed E-state index contributed by atoms with van der Waals surface area (Å²) < 4.78 is 0. The maximum absolute atomic E-state index is 14.2. The molecule has 4 aliphatic rings. The van der Waals surface area contributed by atoms with E-state index in [1.807, 2.05) is 24.3 Å². The number of para-hydroxylation sites is 1. The number of hydrogen-bond donors (Lipinski definition) is 1. The number of piperidine rings is 1. The van der Waals surface area contributed by atoms with Crippen LogP contribution >= 0.6 is 15.9 Å². The van der Waals surface area contributed by atoms with Crippen molar-refractivity contribution in [2.45, 2.75) is 59.3 Å². The summed E-state index contributed by atoms with van der Waals surface area (Å²) in [4.78, 5) is 28.4. The monoisotopic (exact) mass is 526 g/mol. The van der Waals surface area contributed by atoms with E-state index in [-0.39, 0.29) is 22.5 Å². The summed E-state index contributed by atoms with van der Waals surface area (Å²) >= 11 is 3.62. The van der Waals surface area contributed by atoms with E-state index >= 15 is 0 Å². The van der Waals surface area contributed by atoms with Gasteiger partial charge in [-0.15, -0.1) is 0 Å². The number of ketones is 1. The molecule has 1 aromatic rings. The number of nitrogens with one attached hydrogen (secondary N) is 1. The van der Waals surface area contributed by atoms with Crippen LogP contribution in [-0.4, -0.2) is 30.1 Å². The smallest absolute Gasteiger partial charge is 0.230 e. The Bertz CT molecular complexity index is 978. The highest BCUT2D eigenvalue weighted by molar-refractivity contribution is 9.09. The summed E-state index contributed by atoms with van der Waals surface area (Å²) in [6, 6.07) is 10.2. The molecule has 7 atom stereocenters. The highest BCUT2D eigenvalue weighted by Gasteiger charge is 2.60. The first-order chi connectivity index (χ1) is 16.3. The van der Waals surface area contributed by atoms with Crippen LogP contribution < -0.4 is 10.2 Å². The van der Waals surface area contributed by atoms with Gasteiger partial charge in [0.1, 0.15) is 0 Å². The number of alkyl halides is 1. The second-order valence-corrected chi connectivity index (χ2v) is 12.6. The van der Waals surface area contributed by atoms with E-state index in [1.54, 1.807) is 0 Å². The van der Waals surface area contributed by atoms with E-state index in [4.69, 9.17) is 0 Å². The largest absolute Gasteiger partial charge is 0.387 e. The molecule has 3 aliphatic carbocycles. The van der Waals surface area contributed by atoms with Gasteiger partial charge in [-0.2, -0.15) is 0 Å². The van der Waals surface area contributed by atoms with E-state index in [0.29, 0.717) is 36.0 Å². The zero-order chi connectivity index (χ0) is 24.1. The maximum Gasteiger partial charge on any atom is 0.230 e. The molecule has 1 aromatic carbocycles. The molecule has 4 nitrogen and oxygen atoms in total. The van der Waals surface area contributed by atoms with Crippen LogP contribution in [0.1, 0.15) is 59.3 Å². The first-order valence-electron chi connectivity index (χ1n) is 13.2. The minimum Gasteiger partial charge on any atom is -0.387 e. The molecule has 1 aliphatic heterocycles. The minimum atomic E-state index is 0.0483. The average Bonchev–Trinajstić information content (AvgIpc) is 3.20. The van der Waals surface area contributed by atoms with Gasteiger partial charge in [-0.05, 0) is 73.3 Å². The predicted octanol–water partition coefficient (Wildman–Crippen LogP) is 5.97. The maximum atomic E-state index is 14.2. The Morgan fingerprint density at radius 1 is 1.15 bits per heavy atom. The van der Waals surface area contributed by atoms with Gasteiger partial charge in [-0.25, -0.2) is 0 Å². The lowest BCUT2D eigenvalue weighted by molar-refractivity contribution is -0.130. The van der Waals surface area contributed by atoms with Gasteiger partial charge in [-0.3, -0.25) is 9.59 Å². The van der Waals surface area contributed by atoms with Crippen molar-refractivity contribution in [2.24, 2.45) is 40.4 Å². The van der Waals surface area contributed by atoms with Crippen molar-refractivity contribution < 1.29 is 9.59 Å². The molecular formula is C29H39BrN2O2.